The Hall–Kier alpha value is -0.980. The van der Waals surface area contributed by atoms with Gasteiger partial charge in [-0.2, -0.15) is 0 Å². The fraction of sp³-hybridized carbons (Fsp3) is 0.875. The first-order valence-corrected chi connectivity index (χ1v) is 7.75. The van der Waals surface area contributed by atoms with Crippen molar-refractivity contribution in [1.82, 2.24) is 0 Å². The monoisotopic (exact) mass is 320 g/mol. The lowest BCUT2D eigenvalue weighted by molar-refractivity contribution is -0.141. The van der Waals surface area contributed by atoms with E-state index in [4.69, 9.17) is 9.84 Å². The number of ketones is 1. The standard InChI is InChI=1S/C6H12O3.C6H10O.C4H10O2/c1-6(7)9-5-3-4-8-2;7-6-4-2-1-3-5-6;1-4(5)3-6-2/h3-5H2,1-2H3;1-5H2;4-5H,3H2,1-2H3. The van der Waals surface area contributed by atoms with Crippen LogP contribution in [0.15, 0.2) is 0 Å². The van der Waals surface area contributed by atoms with Crippen molar-refractivity contribution in [3.05, 3.63) is 0 Å². The maximum Gasteiger partial charge on any atom is 0.302 e. The molecular formula is C16H32O6. The molecular weight excluding hydrogens is 288 g/mol. The smallest absolute Gasteiger partial charge is 0.302 e. The summed E-state index contributed by atoms with van der Waals surface area (Å²) >= 11 is 0. The van der Waals surface area contributed by atoms with Gasteiger partial charge in [0, 0.05) is 47.0 Å². The Bertz CT molecular complexity index is 257. The van der Waals surface area contributed by atoms with Crippen LogP contribution in [-0.2, 0) is 23.8 Å². The van der Waals surface area contributed by atoms with Gasteiger partial charge in [-0.1, -0.05) is 6.42 Å². The normalized spacial score (nSPS) is 14.9. The Morgan fingerprint density at radius 1 is 1.14 bits per heavy atom. The molecule has 1 rings (SSSR count). The molecule has 1 aliphatic rings. The summed E-state index contributed by atoms with van der Waals surface area (Å²) in [6.45, 7) is 4.62. The lowest BCUT2D eigenvalue weighted by atomic mass is 10.00. The molecule has 0 saturated heterocycles. The highest BCUT2D eigenvalue weighted by atomic mass is 16.5. The molecule has 1 N–H and O–H groups in total. The molecule has 0 amide bonds. The fourth-order valence-corrected chi connectivity index (χ4v) is 1.61. The van der Waals surface area contributed by atoms with Gasteiger partial charge in [0.05, 0.1) is 19.3 Å². The summed E-state index contributed by atoms with van der Waals surface area (Å²) in [6.07, 6.45) is 5.69. The summed E-state index contributed by atoms with van der Waals surface area (Å²) in [5, 5.41) is 8.43. The van der Waals surface area contributed by atoms with Crippen LogP contribution >= 0.6 is 0 Å². The Morgan fingerprint density at radius 2 is 1.73 bits per heavy atom. The van der Waals surface area contributed by atoms with E-state index in [1.807, 2.05) is 0 Å². The number of methoxy groups -OCH3 is 2. The van der Waals surface area contributed by atoms with E-state index < -0.39 is 0 Å². The molecule has 1 saturated carbocycles. The van der Waals surface area contributed by atoms with E-state index in [1.165, 1.54) is 13.3 Å². The third-order valence-corrected chi connectivity index (χ3v) is 2.62. The van der Waals surface area contributed by atoms with Crippen LogP contribution in [0.5, 0.6) is 0 Å². The van der Waals surface area contributed by atoms with Crippen molar-refractivity contribution in [2.45, 2.75) is 58.5 Å². The molecule has 0 aliphatic heterocycles. The molecule has 6 nitrogen and oxygen atoms in total. The van der Waals surface area contributed by atoms with E-state index >= 15 is 0 Å². The second-order valence-electron chi connectivity index (χ2n) is 5.09. The number of esters is 1. The van der Waals surface area contributed by atoms with Crippen molar-refractivity contribution >= 4 is 11.8 Å². The molecule has 0 spiro atoms. The summed E-state index contributed by atoms with van der Waals surface area (Å²) in [6, 6.07) is 0. The number of hydrogen-bond donors (Lipinski definition) is 1. The lowest BCUT2D eigenvalue weighted by Crippen LogP contribution is -2.07. The molecule has 0 heterocycles. The highest BCUT2D eigenvalue weighted by Gasteiger charge is 2.05. The van der Waals surface area contributed by atoms with Gasteiger partial charge in [-0.25, -0.2) is 0 Å². The third kappa shape index (κ3) is 24.1. The van der Waals surface area contributed by atoms with E-state index in [2.05, 4.69) is 9.47 Å². The van der Waals surface area contributed by atoms with Gasteiger partial charge in [0.1, 0.15) is 5.78 Å². The predicted octanol–water partition coefficient (Wildman–Crippen LogP) is 2.12. The molecule has 0 bridgehead atoms. The van der Waals surface area contributed by atoms with Crippen LogP contribution in [0.2, 0.25) is 0 Å². The van der Waals surface area contributed by atoms with Gasteiger partial charge >= 0.3 is 5.97 Å². The molecule has 132 valence electrons. The van der Waals surface area contributed by atoms with Crippen LogP contribution in [0.25, 0.3) is 0 Å². The largest absolute Gasteiger partial charge is 0.466 e. The Kier molecular flexibility index (Phi) is 19.1. The summed E-state index contributed by atoms with van der Waals surface area (Å²) < 4.78 is 13.9. The number of hydrogen-bond acceptors (Lipinski definition) is 6. The molecule has 1 unspecified atom stereocenters. The van der Waals surface area contributed by atoms with E-state index in [-0.39, 0.29) is 12.1 Å². The highest BCUT2D eigenvalue weighted by molar-refractivity contribution is 5.78. The Morgan fingerprint density at radius 3 is 2.00 bits per heavy atom. The first-order valence-electron chi connectivity index (χ1n) is 7.75. The average molecular weight is 320 g/mol. The van der Waals surface area contributed by atoms with E-state index in [1.54, 1.807) is 21.1 Å². The molecule has 1 atom stereocenters. The zero-order valence-corrected chi connectivity index (χ0v) is 14.4. The summed E-state index contributed by atoms with van der Waals surface area (Å²) in [7, 11) is 3.18. The summed E-state index contributed by atoms with van der Waals surface area (Å²) in [5.41, 5.74) is 0. The van der Waals surface area contributed by atoms with Crippen LogP contribution in [0.3, 0.4) is 0 Å². The van der Waals surface area contributed by atoms with E-state index in [0.29, 0.717) is 25.6 Å². The maximum absolute atomic E-state index is 10.5. The molecule has 22 heavy (non-hydrogen) atoms. The maximum atomic E-state index is 10.5. The van der Waals surface area contributed by atoms with E-state index in [9.17, 15) is 9.59 Å². The van der Waals surface area contributed by atoms with Crippen molar-refractivity contribution < 1.29 is 28.9 Å². The molecule has 1 fully saturated rings. The number of carbonyl (C=O) groups is 2. The van der Waals surface area contributed by atoms with Crippen molar-refractivity contribution in [1.29, 1.82) is 0 Å². The van der Waals surface area contributed by atoms with Crippen molar-refractivity contribution in [3.8, 4) is 0 Å². The van der Waals surface area contributed by atoms with Crippen molar-refractivity contribution in [2.24, 2.45) is 0 Å². The number of aliphatic hydroxyl groups is 1. The Labute approximate surface area is 134 Å². The van der Waals surface area contributed by atoms with Gasteiger partial charge in [0.2, 0.25) is 0 Å². The second-order valence-corrected chi connectivity index (χ2v) is 5.09. The van der Waals surface area contributed by atoms with Crippen LogP contribution in [0, 0.1) is 0 Å². The van der Waals surface area contributed by atoms with Crippen molar-refractivity contribution in [3.63, 3.8) is 0 Å². The number of rotatable bonds is 6. The van der Waals surface area contributed by atoms with Gasteiger partial charge < -0.3 is 19.3 Å². The summed E-state index contributed by atoms with van der Waals surface area (Å²) in [4.78, 5) is 20.6. The van der Waals surface area contributed by atoms with Crippen LogP contribution in [0.4, 0.5) is 0 Å². The van der Waals surface area contributed by atoms with Crippen molar-refractivity contribution in [2.75, 3.05) is 34.0 Å². The predicted molar refractivity (Wildman–Crippen MR) is 84.8 cm³/mol. The second kappa shape index (κ2) is 18.1. The van der Waals surface area contributed by atoms with Gasteiger partial charge in [-0.05, 0) is 19.8 Å². The van der Waals surface area contributed by atoms with Gasteiger partial charge in [-0.15, -0.1) is 0 Å². The lowest BCUT2D eigenvalue weighted by Gasteiger charge is -2.05. The number of Topliss-reactive ketones (excluding diaryl/α,β-unsaturated/α-hetero) is 1. The zero-order chi connectivity index (χ0) is 17.2. The highest BCUT2D eigenvalue weighted by Crippen LogP contribution is 2.12. The minimum absolute atomic E-state index is 0.230. The van der Waals surface area contributed by atoms with Crippen LogP contribution in [0.1, 0.15) is 52.4 Å². The topological polar surface area (TPSA) is 82.1 Å². The van der Waals surface area contributed by atoms with Gasteiger partial charge in [0.25, 0.3) is 0 Å². The molecule has 6 heteroatoms. The first-order chi connectivity index (χ1) is 10.4. The fourth-order valence-electron chi connectivity index (χ4n) is 1.61. The summed E-state index contributed by atoms with van der Waals surface area (Å²) in [5.74, 6) is 0.234. The zero-order valence-electron chi connectivity index (χ0n) is 14.4. The molecule has 0 aromatic heterocycles. The quantitative estimate of drug-likeness (QED) is 0.596. The van der Waals surface area contributed by atoms with Crippen LogP contribution < -0.4 is 0 Å². The average Bonchev–Trinajstić information content (AvgIpc) is 2.45. The molecule has 1 aliphatic carbocycles. The minimum Gasteiger partial charge on any atom is -0.466 e. The number of carbonyl (C=O) groups excluding carboxylic acids is 2. The Balaban J connectivity index is 0. The van der Waals surface area contributed by atoms with Gasteiger partial charge in [0.15, 0.2) is 0 Å². The SMILES string of the molecule is COCC(C)O.COCCCOC(C)=O.O=C1CCCCC1. The minimum atomic E-state index is -0.324. The van der Waals surface area contributed by atoms with Gasteiger partial charge in [-0.3, -0.25) is 9.59 Å². The third-order valence-electron chi connectivity index (χ3n) is 2.62. The van der Waals surface area contributed by atoms with E-state index in [0.717, 1.165) is 32.1 Å². The molecule has 0 aromatic carbocycles. The number of ether oxygens (including phenoxy) is 3. The first kappa shape index (κ1) is 23.3. The molecule has 0 radical (unpaired) electrons. The molecule has 0 aromatic rings. The van der Waals surface area contributed by atoms with Crippen LogP contribution in [-0.4, -0.2) is 57.0 Å². The number of aliphatic hydroxyl groups excluding tert-OH is 1.